The molecule has 0 atom stereocenters. The normalized spacial score (nSPS) is 15.3. The van der Waals surface area contributed by atoms with Gasteiger partial charge in [0.2, 0.25) is 5.95 Å². The molecule has 3 rings (SSSR count). The Morgan fingerprint density at radius 3 is 2.90 bits per heavy atom. The van der Waals surface area contributed by atoms with Crippen molar-refractivity contribution in [2.45, 2.75) is 20.0 Å². The van der Waals surface area contributed by atoms with Crippen LogP contribution in [0.3, 0.4) is 0 Å². The van der Waals surface area contributed by atoms with Crippen LogP contribution in [-0.2, 0) is 13.1 Å². The van der Waals surface area contributed by atoms with Crippen LogP contribution in [0.15, 0.2) is 46.2 Å². The fourth-order valence-corrected chi connectivity index (χ4v) is 2.05. The number of nitrogens with one attached hydrogen (secondary N) is 2. The lowest BCUT2D eigenvalue weighted by Gasteiger charge is -2.22. The summed E-state index contributed by atoms with van der Waals surface area (Å²) in [6, 6.07) is 11.5. The first-order valence-corrected chi connectivity index (χ1v) is 6.40. The van der Waals surface area contributed by atoms with E-state index in [9.17, 15) is 4.79 Å². The molecule has 20 heavy (non-hydrogen) atoms. The number of rotatable bonds is 2. The smallest absolute Gasteiger partial charge is 0.255 e. The molecular weight excluding hydrogens is 254 g/mol. The number of benzene rings is 1. The Kier molecular flexibility index (Phi) is 3.20. The molecule has 0 bridgehead atoms. The van der Waals surface area contributed by atoms with E-state index in [1.165, 1.54) is 6.07 Å². The first-order valence-electron chi connectivity index (χ1n) is 6.40. The maximum atomic E-state index is 11.9. The van der Waals surface area contributed by atoms with Gasteiger partial charge < -0.3 is 0 Å². The van der Waals surface area contributed by atoms with Crippen molar-refractivity contribution in [3.8, 4) is 0 Å². The Morgan fingerprint density at radius 1 is 1.30 bits per heavy atom. The molecule has 0 radical (unpaired) electrons. The quantitative estimate of drug-likeness (QED) is 0.856. The minimum Gasteiger partial charge on any atom is -0.284 e. The molecule has 0 amide bonds. The predicted molar refractivity (Wildman–Crippen MR) is 77.6 cm³/mol. The van der Waals surface area contributed by atoms with E-state index in [0.29, 0.717) is 30.6 Å². The van der Waals surface area contributed by atoms with Gasteiger partial charge in [-0.1, -0.05) is 30.3 Å². The Hall–Kier alpha value is -2.63. The predicted octanol–water partition coefficient (Wildman–Crippen LogP) is 1.08. The molecular formula is C14H15N5O. The van der Waals surface area contributed by atoms with Gasteiger partial charge in [-0.15, -0.1) is 0 Å². The summed E-state index contributed by atoms with van der Waals surface area (Å²) in [5.41, 5.74) is 7.63. The monoisotopic (exact) mass is 269 g/mol. The van der Waals surface area contributed by atoms with Gasteiger partial charge in [0.15, 0.2) is 0 Å². The molecule has 102 valence electrons. The highest BCUT2D eigenvalue weighted by atomic mass is 16.1. The van der Waals surface area contributed by atoms with Gasteiger partial charge in [0.05, 0.1) is 13.1 Å². The lowest BCUT2D eigenvalue weighted by Crippen LogP contribution is -2.44. The van der Waals surface area contributed by atoms with E-state index in [2.05, 4.69) is 20.8 Å². The van der Waals surface area contributed by atoms with Crippen molar-refractivity contribution in [3.63, 3.8) is 0 Å². The Balaban J connectivity index is 1.80. The van der Waals surface area contributed by atoms with E-state index >= 15 is 0 Å². The van der Waals surface area contributed by atoms with Crippen LogP contribution in [-0.4, -0.2) is 15.4 Å². The topological polar surface area (TPSA) is 71.3 Å². The minimum atomic E-state index is -0.0751. The Morgan fingerprint density at radius 2 is 2.10 bits per heavy atom. The Labute approximate surface area is 116 Å². The van der Waals surface area contributed by atoms with Crippen molar-refractivity contribution in [2.75, 3.05) is 5.43 Å². The molecule has 0 saturated heterocycles. The molecule has 0 unspecified atom stereocenters. The molecule has 0 fully saturated rings. The highest BCUT2D eigenvalue weighted by Gasteiger charge is 2.15. The fraction of sp³-hybridized carbons (Fsp3) is 0.214. The molecule has 2 N–H and O–H groups in total. The fourth-order valence-electron chi connectivity index (χ4n) is 2.05. The third-order valence-corrected chi connectivity index (χ3v) is 3.06. The maximum absolute atomic E-state index is 11.9. The number of aryl methyl sites for hydroxylation is 1. The first kappa shape index (κ1) is 12.4. The zero-order valence-corrected chi connectivity index (χ0v) is 11.1. The van der Waals surface area contributed by atoms with Crippen molar-refractivity contribution in [1.82, 2.24) is 15.0 Å². The van der Waals surface area contributed by atoms with Gasteiger partial charge in [-0.3, -0.25) is 25.2 Å². The van der Waals surface area contributed by atoms with Gasteiger partial charge in [-0.25, -0.2) is 4.98 Å². The van der Waals surface area contributed by atoms with Gasteiger partial charge in [0.25, 0.3) is 5.56 Å². The molecule has 2 heterocycles. The number of hydrazine groups is 1. The number of amidine groups is 1. The van der Waals surface area contributed by atoms with E-state index in [4.69, 9.17) is 0 Å². The Bertz CT molecular complexity index is 705. The summed E-state index contributed by atoms with van der Waals surface area (Å²) in [5.74, 6) is 1.24. The number of fused-ring (bicyclic) bond motifs is 1. The van der Waals surface area contributed by atoms with Gasteiger partial charge in [0, 0.05) is 11.8 Å². The molecule has 1 aromatic heterocycles. The van der Waals surface area contributed by atoms with E-state index < -0.39 is 0 Å². The largest absolute Gasteiger partial charge is 0.284 e. The van der Waals surface area contributed by atoms with Gasteiger partial charge in [-0.2, -0.15) is 0 Å². The third-order valence-electron chi connectivity index (χ3n) is 3.06. The molecule has 0 aliphatic carbocycles. The van der Waals surface area contributed by atoms with Crippen LogP contribution < -0.4 is 16.4 Å². The number of hydrogen-bond acceptors (Lipinski definition) is 4. The molecule has 1 aliphatic rings. The second-order valence-corrected chi connectivity index (χ2v) is 4.64. The number of nitrogens with zero attached hydrogens (tertiary/aromatic N) is 3. The van der Waals surface area contributed by atoms with Crippen LogP contribution >= 0.6 is 0 Å². The molecule has 1 aliphatic heterocycles. The maximum Gasteiger partial charge on any atom is 0.255 e. The van der Waals surface area contributed by atoms with Gasteiger partial charge in [-0.05, 0) is 12.5 Å². The van der Waals surface area contributed by atoms with Crippen LogP contribution in [0.5, 0.6) is 0 Å². The summed E-state index contributed by atoms with van der Waals surface area (Å²) >= 11 is 0. The summed E-state index contributed by atoms with van der Waals surface area (Å²) < 4.78 is 1.56. The average Bonchev–Trinajstić information content (AvgIpc) is 2.46. The van der Waals surface area contributed by atoms with Gasteiger partial charge in [0.1, 0.15) is 5.84 Å². The molecule has 6 nitrogen and oxygen atoms in total. The summed E-state index contributed by atoms with van der Waals surface area (Å²) in [6.45, 7) is 2.78. The second kappa shape index (κ2) is 5.16. The molecule has 2 aromatic rings. The zero-order chi connectivity index (χ0) is 13.9. The number of aromatic nitrogens is 2. The van der Waals surface area contributed by atoms with E-state index in [1.54, 1.807) is 11.5 Å². The molecule has 0 saturated carbocycles. The van der Waals surface area contributed by atoms with Crippen molar-refractivity contribution >= 4 is 11.8 Å². The minimum absolute atomic E-state index is 0.0751. The van der Waals surface area contributed by atoms with E-state index in [1.807, 2.05) is 30.3 Å². The number of aliphatic imine (C=N–C) groups is 1. The highest BCUT2D eigenvalue weighted by molar-refractivity contribution is 5.84. The standard InChI is InChI=1S/C14H15N5O/c1-10-7-13(20)19-9-12(17-18-14(19)16-10)15-8-11-5-3-2-4-6-11/h2-7H,8-9H2,1H3,(H,15,17)(H,16,18). The van der Waals surface area contributed by atoms with E-state index in [0.717, 1.165) is 5.56 Å². The van der Waals surface area contributed by atoms with E-state index in [-0.39, 0.29) is 5.56 Å². The summed E-state index contributed by atoms with van der Waals surface area (Å²) in [4.78, 5) is 20.6. The average molecular weight is 269 g/mol. The molecule has 6 heteroatoms. The van der Waals surface area contributed by atoms with Crippen molar-refractivity contribution in [1.29, 1.82) is 0 Å². The summed E-state index contributed by atoms with van der Waals surface area (Å²) in [5, 5.41) is 0. The highest BCUT2D eigenvalue weighted by Crippen LogP contribution is 2.06. The van der Waals surface area contributed by atoms with Crippen molar-refractivity contribution in [3.05, 3.63) is 58.0 Å². The van der Waals surface area contributed by atoms with Gasteiger partial charge >= 0.3 is 0 Å². The second-order valence-electron chi connectivity index (χ2n) is 4.64. The third kappa shape index (κ3) is 2.54. The van der Waals surface area contributed by atoms with Crippen molar-refractivity contribution in [2.24, 2.45) is 4.99 Å². The zero-order valence-electron chi connectivity index (χ0n) is 11.1. The lowest BCUT2D eigenvalue weighted by atomic mass is 10.2. The van der Waals surface area contributed by atoms with Crippen LogP contribution in [0.4, 0.5) is 5.95 Å². The SMILES string of the molecule is Cc1cc(=O)n2c(n1)NNC(=NCc1ccccc1)C2. The van der Waals surface area contributed by atoms with Crippen LogP contribution in [0.2, 0.25) is 0 Å². The van der Waals surface area contributed by atoms with Crippen molar-refractivity contribution < 1.29 is 0 Å². The number of hydrogen-bond donors (Lipinski definition) is 2. The van der Waals surface area contributed by atoms with Crippen LogP contribution in [0.1, 0.15) is 11.3 Å². The summed E-state index contributed by atoms with van der Waals surface area (Å²) in [6.07, 6.45) is 0. The lowest BCUT2D eigenvalue weighted by molar-refractivity contribution is 0.712. The number of anilines is 1. The van der Waals surface area contributed by atoms with Crippen LogP contribution in [0, 0.1) is 6.92 Å². The molecule has 0 spiro atoms. The molecule has 1 aromatic carbocycles. The summed E-state index contributed by atoms with van der Waals surface area (Å²) in [7, 11) is 0. The first-order chi connectivity index (χ1) is 9.72. The van der Waals surface area contributed by atoms with Crippen LogP contribution in [0.25, 0.3) is 0 Å².